The summed E-state index contributed by atoms with van der Waals surface area (Å²) in [5, 5.41) is 6.78. The van der Waals surface area contributed by atoms with Crippen LogP contribution in [0.2, 0.25) is 0 Å². The molecule has 1 fully saturated rings. The molecule has 0 aromatic heterocycles. The topological polar surface area (TPSA) is 58.1 Å². The molecule has 0 bridgehead atoms. The maximum atomic E-state index is 5.42. The van der Waals surface area contributed by atoms with Gasteiger partial charge in [0.05, 0.1) is 26.9 Å². The largest absolute Gasteiger partial charge is 0.497 e. The molecular weight excluding hydrogens is 328 g/mol. The van der Waals surface area contributed by atoms with E-state index in [-0.39, 0.29) is 0 Å². The molecule has 1 aromatic carbocycles. The van der Waals surface area contributed by atoms with Gasteiger partial charge in [-0.05, 0) is 44.4 Å². The molecule has 146 valence electrons. The molecule has 0 radical (unpaired) electrons. The summed E-state index contributed by atoms with van der Waals surface area (Å²) in [5.74, 6) is 1.82. The lowest BCUT2D eigenvalue weighted by Crippen LogP contribution is -2.44. The second-order valence-corrected chi connectivity index (χ2v) is 6.60. The number of aryl methyl sites for hydroxylation is 1. The molecule has 1 aliphatic heterocycles. The van der Waals surface area contributed by atoms with Crippen LogP contribution in [-0.2, 0) is 11.2 Å². The predicted molar refractivity (Wildman–Crippen MR) is 107 cm³/mol. The third kappa shape index (κ3) is 7.22. The quantitative estimate of drug-likeness (QED) is 0.399. The highest BCUT2D eigenvalue weighted by molar-refractivity contribution is 5.79. The molecule has 0 amide bonds. The van der Waals surface area contributed by atoms with E-state index in [0.717, 1.165) is 70.5 Å². The lowest BCUT2D eigenvalue weighted by Gasteiger charge is -2.31. The fraction of sp³-hybridized carbons (Fsp3) is 0.650. The molecule has 6 nitrogen and oxygen atoms in total. The summed E-state index contributed by atoms with van der Waals surface area (Å²) in [6.45, 7) is 10.6. The normalized spacial score (nSPS) is 17.0. The van der Waals surface area contributed by atoms with E-state index in [4.69, 9.17) is 14.5 Å². The molecule has 2 rings (SSSR count). The molecule has 0 spiro atoms. The molecule has 1 saturated heterocycles. The molecule has 1 unspecified atom stereocenters. The Balaban J connectivity index is 1.73. The van der Waals surface area contributed by atoms with Crippen LogP contribution in [-0.4, -0.2) is 69.9 Å². The molecule has 26 heavy (non-hydrogen) atoms. The number of ether oxygens (including phenoxy) is 2. The SMILES string of the molecule is CCNC(=NCC(C)N1CCOCC1)NCCCc1cccc(OC)c1. The monoisotopic (exact) mass is 362 g/mol. The van der Waals surface area contributed by atoms with Crippen molar-refractivity contribution in [2.75, 3.05) is 53.0 Å². The average Bonchev–Trinajstić information content (AvgIpc) is 2.69. The van der Waals surface area contributed by atoms with Crippen molar-refractivity contribution in [3.05, 3.63) is 29.8 Å². The number of hydrogen-bond donors (Lipinski definition) is 2. The molecule has 2 N–H and O–H groups in total. The van der Waals surface area contributed by atoms with Gasteiger partial charge in [0.25, 0.3) is 0 Å². The maximum Gasteiger partial charge on any atom is 0.191 e. The van der Waals surface area contributed by atoms with Crippen LogP contribution in [0.15, 0.2) is 29.3 Å². The molecule has 1 aliphatic rings. The van der Waals surface area contributed by atoms with E-state index in [2.05, 4.69) is 41.5 Å². The maximum absolute atomic E-state index is 5.42. The van der Waals surface area contributed by atoms with Gasteiger partial charge in [-0.25, -0.2) is 0 Å². The second-order valence-electron chi connectivity index (χ2n) is 6.60. The van der Waals surface area contributed by atoms with Crippen molar-refractivity contribution in [2.24, 2.45) is 4.99 Å². The number of nitrogens with zero attached hydrogens (tertiary/aromatic N) is 2. The average molecular weight is 363 g/mol. The van der Waals surface area contributed by atoms with Gasteiger partial charge >= 0.3 is 0 Å². The first kappa shape index (κ1) is 20.5. The number of benzene rings is 1. The Bertz CT molecular complexity index is 544. The number of methoxy groups -OCH3 is 1. The third-order valence-corrected chi connectivity index (χ3v) is 4.60. The van der Waals surface area contributed by atoms with Gasteiger partial charge in [-0.3, -0.25) is 9.89 Å². The van der Waals surface area contributed by atoms with Crippen molar-refractivity contribution in [1.82, 2.24) is 15.5 Å². The Hall–Kier alpha value is -1.79. The van der Waals surface area contributed by atoms with Crippen LogP contribution < -0.4 is 15.4 Å². The van der Waals surface area contributed by atoms with Gasteiger partial charge in [0.15, 0.2) is 5.96 Å². The van der Waals surface area contributed by atoms with Crippen LogP contribution in [0.3, 0.4) is 0 Å². The minimum atomic E-state index is 0.436. The smallest absolute Gasteiger partial charge is 0.191 e. The Morgan fingerprint density at radius 1 is 1.31 bits per heavy atom. The summed E-state index contributed by atoms with van der Waals surface area (Å²) in [7, 11) is 1.71. The van der Waals surface area contributed by atoms with E-state index >= 15 is 0 Å². The molecule has 0 aliphatic carbocycles. The summed E-state index contributed by atoms with van der Waals surface area (Å²) >= 11 is 0. The molecule has 1 aromatic rings. The number of nitrogens with one attached hydrogen (secondary N) is 2. The third-order valence-electron chi connectivity index (χ3n) is 4.60. The Morgan fingerprint density at radius 3 is 2.85 bits per heavy atom. The molecular formula is C20H34N4O2. The van der Waals surface area contributed by atoms with Crippen LogP contribution in [0.4, 0.5) is 0 Å². The summed E-state index contributed by atoms with van der Waals surface area (Å²) in [6.07, 6.45) is 2.07. The van der Waals surface area contributed by atoms with Gasteiger partial charge < -0.3 is 20.1 Å². The van der Waals surface area contributed by atoms with E-state index < -0.39 is 0 Å². The summed E-state index contributed by atoms with van der Waals surface area (Å²) in [6, 6.07) is 8.70. The Morgan fingerprint density at radius 2 is 2.12 bits per heavy atom. The first-order valence-electron chi connectivity index (χ1n) is 9.69. The molecule has 0 saturated carbocycles. The highest BCUT2D eigenvalue weighted by Crippen LogP contribution is 2.13. The van der Waals surface area contributed by atoms with Gasteiger partial charge in [-0.15, -0.1) is 0 Å². The van der Waals surface area contributed by atoms with E-state index in [1.165, 1.54) is 5.56 Å². The Kier molecular flexibility index (Phi) is 9.28. The predicted octanol–water partition coefficient (Wildman–Crippen LogP) is 1.90. The van der Waals surface area contributed by atoms with Crippen LogP contribution in [0.5, 0.6) is 5.75 Å². The highest BCUT2D eigenvalue weighted by Gasteiger charge is 2.16. The molecule has 1 heterocycles. The van der Waals surface area contributed by atoms with Crippen molar-refractivity contribution in [3.8, 4) is 5.75 Å². The van der Waals surface area contributed by atoms with Crippen molar-refractivity contribution < 1.29 is 9.47 Å². The van der Waals surface area contributed by atoms with Crippen LogP contribution in [0.25, 0.3) is 0 Å². The van der Waals surface area contributed by atoms with Gasteiger partial charge in [0.1, 0.15) is 5.75 Å². The zero-order chi connectivity index (χ0) is 18.6. The second kappa shape index (κ2) is 11.8. The summed E-state index contributed by atoms with van der Waals surface area (Å²) in [4.78, 5) is 7.20. The lowest BCUT2D eigenvalue weighted by atomic mass is 10.1. The van der Waals surface area contributed by atoms with Crippen LogP contribution >= 0.6 is 0 Å². The Labute approximate surface area is 158 Å². The standard InChI is InChI=1S/C20H34N4O2/c1-4-21-20(23-16-17(2)24-11-13-26-14-12-24)22-10-6-8-18-7-5-9-19(15-18)25-3/h5,7,9,15,17H,4,6,8,10-14,16H2,1-3H3,(H2,21,22,23). The van der Waals surface area contributed by atoms with Crippen LogP contribution in [0.1, 0.15) is 25.8 Å². The van der Waals surface area contributed by atoms with Gasteiger partial charge in [0.2, 0.25) is 0 Å². The van der Waals surface area contributed by atoms with E-state index in [9.17, 15) is 0 Å². The molecule has 1 atom stereocenters. The van der Waals surface area contributed by atoms with Gasteiger partial charge in [0, 0.05) is 32.2 Å². The lowest BCUT2D eigenvalue weighted by molar-refractivity contribution is 0.0220. The molecule has 6 heteroatoms. The highest BCUT2D eigenvalue weighted by atomic mass is 16.5. The summed E-state index contributed by atoms with van der Waals surface area (Å²) in [5.41, 5.74) is 1.30. The van der Waals surface area contributed by atoms with E-state index in [1.807, 2.05) is 12.1 Å². The minimum Gasteiger partial charge on any atom is -0.497 e. The van der Waals surface area contributed by atoms with Crippen molar-refractivity contribution >= 4 is 5.96 Å². The van der Waals surface area contributed by atoms with E-state index in [1.54, 1.807) is 7.11 Å². The number of aliphatic imine (C=N–C) groups is 1. The fourth-order valence-electron chi connectivity index (χ4n) is 3.03. The van der Waals surface area contributed by atoms with E-state index in [0.29, 0.717) is 6.04 Å². The zero-order valence-corrected chi connectivity index (χ0v) is 16.5. The van der Waals surface area contributed by atoms with Gasteiger partial charge in [-0.2, -0.15) is 0 Å². The summed E-state index contributed by atoms with van der Waals surface area (Å²) < 4.78 is 10.7. The fourth-order valence-corrected chi connectivity index (χ4v) is 3.03. The van der Waals surface area contributed by atoms with Crippen molar-refractivity contribution in [1.29, 1.82) is 0 Å². The number of rotatable bonds is 9. The first-order valence-corrected chi connectivity index (χ1v) is 9.69. The van der Waals surface area contributed by atoms with Crippen molar-refractivity contribution in [2.45, 2.75) is 32.7 Å². The van der Waals surface area contributed by atoms with Gasteiger partial charge in [-0.1, -0.05) is 12.1 Å². The number of guanidine groups is 1. The number of morpholine rings is 1. The minimum absolute atomic E-state index is 0.436. The number of hydrogen-bond acceptors (Lipinski definition) is 4. The van der Waals surface area contributed by atoms with Crippen LogP contribution in [0, 0.1) is 0 Å². The van der Waals surface area contributed by atoms with Crippen molar-refractivity contribution in [3.63, 3.8) is 0 Å². The first-order chi connectivity index (χ1) is 12.7. The zero-order valence-electron chi connectivity index (χ0n) is 16.5.